The average Bonchev–Trinajstić information content (AvgIpc) is 2.57. The van der Waals surface area contributed by atoms with Gasteiger partial charge < -0.3 is 5.11 Å². The summed E-state index contributed by atoms with van der Waals surface area (Å²) < 4.78 is 0. The summed E-state index contributed by atoms with van der Waals surface area (Å²) >= 11 is 0. The van der Waals surface area contributed by atoms with Gasteiger partial charge in [-0.15, -0.1) is 0 Å². The molecular formula is C19H28N4O4. The second-order valence-electron chi connectivity index (χ2n) is 6.40. The van der Waals surface area contributed by atoms with Crippen molar-refractivity contribution in [2.24, 2.45) is 20.9 Å². The van der Waals surface area contributed by atoms with Crippen LogP contribution in [0.2, 0.25) is 0 Å². The first-order valence-electron chi connectivity index (χ1n) is 8.99. The summed E-state index contributed by atoms with van der Waals surface area (Å²) in [6.45, 7) is 7.81. The lowest BCUT2D eigenvalue weighted by Gasteiger charge is -2.21. The Balaban J connectivity index is 3.15. The molecule has 0 fully saturated rings. The Morgan fingerprint density at radius 2 is 1.74 bits per heavy atom. The second kappa shape index (κ2) is 11.2. The smallest absolute Gasteiger partial charge is 0.411 e. The number of amides is 1. The van der Waals surface area contributed by atoms with Crippen LogP contribution in [0.15, 0.2) is 26.2 Å². The van der Waals surface area contributed by atoms with E-state index in [-0.39, 0.29) is 23.7 Å². The maximum Gasteiger partial charge on any atom is 0.411 e. The molecular weight excluding hydrogens is 348 g/mol. The fourth-order valence-electron chi connectivity index (χ4n) is 2.67. The number of hydrogen-bond acceptors (Lipinski definition) is 6. The first-order chi connectivity index (χ1) is 12.8. The quantitative estimate of drug-likeness (QED) is 0.797. The van der Waals surface area contributed by atoms with Crippen molar-refractivity contribution in [2.75, 3.05) is 26.2 Å². The third kappa shape index (κ3) is 7.24. The highest BCUT2D eigenvalue weighted by atomic mass is 16.4. The molecule has 1 rings (SSSR count). The van der Waals surface area contributed by atoms with Gasteiger partial charge in [-0.25, -0.2) is 4.79 Å². The van der Waals surface area contributed by atoms with Gasteiger partial charge in [-0.2, -0.15) is 0 Å². The van der Waals surface area contributed by atoms with Crippen molar-refractivity contribution in [1.29, 1.82) is 0 Å². The largest absolute Gasteiger partial charge is 0.465 e. The molecule has 0 saturated carbocycles. The molecule has 1 aliphatic heterocycles. The number of ketones is 2. The number of carbonyl (C=O) groups excluding carboxylic acids is 2. The van der Waals surface area contributed by atoms with Gasteiger partial charge in [0.25, 0.3) is 0 Å². The molecule has 0 saturated heterocycles. The highest BCUT2D eigenvalue weighted by molar-refractivity contribution is 6.15. The minimum atomic E-state index is -1.13. The second-order valence-corrected chi connectivity index (χ2v) is 6.40. The van der Waals surface area contributed by atoms with E-state index in [1.165, 1.54) is 20.1 Å². The fourth-order valence-corrected chi connectivity index (χ4v) is 2.67. The lowest BCUT2D eigenvalue weighted by atomic mass is 10.0. The van der Waals surface area contributed by atoms with E-state index in [4.69, 9.17) is 0 Å². The SMILES string of the molecule is CC(=O)C1=C(C)N(C(=O)O)CCCN=C(C)C(C(C)=O)C=NCCCN=C1. The Kier molecular flexibility index (Phi) is 9.25. The van der Waals surface area contributed by atoms with Crippen LogP contribution in [0.3, 0.4) is 0 Å². The van der Waals surface area contributed by atoms with E-state index in [0.717, 1.165) is 4.90 Å². The number of rotatable bonds is 2. The first-order valence-corrected chi connectivity index (χ1v) is 8.99. The summed E-state index contributed by atoms with van der Waals surface area (Å²) in [7, 11) is 0. The number of aliphatic imine (C=N–C) groups is 3. The summed E-state index contributed by atoms with van der Waals surface area (Å²) in [6.07, 6.45) is 3.04. The molecule has 0 spiro atoms. The van der Waals surface area contributed by atoms with Crippen molar-refractivity contribution in [3.63, 3.8) is 0 Å². The van der Waals surface area contributed by atoms with Crippen LogP contribution in [-0.2, 0) is 9.59 Å². The number of Topliss-reactive ketones (excluding diaryl/α,β-unsaturated/α-hetero) is 2. The summed E-state index contributed by atoms with van der Waals surface area (Å²) in [5, 5.41) is 9.50. The van der Waals surface area contributed by atoms with E-state index in [1.54, 1.807) is 20.1 Å². The van der Waals surface area contributed by atoms with Crippen LogP contribution in [0.5, 0.6) is 0 Å². The number of carbonyl (C=O) groups is 3. The normalized spacial score (nSPS) is 20.4. The van der Waals surface area contributed by atoms with Crippen molar-refractivity contribution in [3.8, 4) is 0 Å². The van der Waals surface area contributed by atoms with Crippen LogP contribution >= 0.6 is 0 Å². The molecule has 1 atom stereocenters. The standard InChI is InChI=1S/C19H28N4O4/c1-13-17(15(3)24)11-20-7-5-8-21-12-18(16(4)25)14(2)23(19(26)27)10-6-9-22-13/h11-12,17H,5-10H2,1-4H3,(H,26,27). The average molecular weight is 376 g/mol. The van der Waals surface area contributed by atoms with Gasteiger partial charge in [0.2, 0.25) is 0 Å². The lowest BCUT2D eigenvalue weighted by Crippen LogP contribution is -2.31. The maximum atomic E-state index is 11.9. The Morgan fingerprint density at radius 3 is 2.33 bits per heavy atom. The van der Waals surface area contributed by atoms with Crippen molar-refractivity contribution in [2.45, 2.75) is 40.5 Å². The zero-order valence-corrected chi connectivity index (χ0v) is 16.4. The molecule has 1 amide bonds. The summed E-state index contributed by atoms with van der Waals surface area (Å²) in [6, 6.07) is 0. The molecule has 148 valence electrons. The molecule has 1 heterocycles. The molecule has 8 nitrogen and oxygen atoms in total. The summed E-state index contributed by atoms with van der Waals surface area (Å²) in [4.78, 5) is 49.4. The summed E-state index contributed by atoms with van der Waals surface area (Å²) in [5.41, 5.74) is 1.30. The molecule has 0 aromatic heterocycles. The van der Waals surface area contributed by atoms with Crippen LogP contribution in [0.4, 0.5) is 4.79 Å². The number of carboxylic acid groups (broad SMARTS) is 1. The van der Waals surface area contributed by atoms with E-state index >= 15 is 0 Å². The molecule has 0 bridgehead atoms. The van der Waals surface area contributed by atoms with Gasteiger partial charge in [0.1, 0.15) is 5.78 Å². The molecule has 8 heteroatoms. The topological polar surface area (TPSA) is 112 Å². The zero-order chi connectivity index (χ0) is 20.4. The van der Waals surface area contributed by atoms with Gasteiger partial charge in [-0.05, 0) is 40.5 Å². The highest BCUT2D eigenvalue weighted by Gasteiger charge is 2.19. The van der Waals surface area contributed by atoms with Crippen molar-refractivity contribution >= 4 is 35.8 Å². The fraction of sp³-hybridized carbons (Fsp3) is 0.579. The van der Waals surface area contributed by atoms with Crippen LogP contribution in [-0.4, -0.2) is 72.0 Å². The highest BCUT2D eigenvalue weighted by Crippen LogP contribution is 2.12. The van der Waals surface area contributed by atoms with Crippen LogP contribution < -0.4 is 0 Å². The van der Waals surface area contributed by atoms with Crippen LogP contribution in [0, 0.1) is 5.92 Å². The van der Waals surface area contributed by atoms with Gasteiger partial charge in [-0.3, -0.25) is 29.5 Å². The Hall–Kier alpha value is -2.64. The van der Waals surface area contributed by atoms with Crippen LogP contribution in [0.25, 0.3) is 0 Å². The van der Waals surface area contributed by atoms with E-state index in [9.17, 15) is 19.5 Å². The first kappa shape index (κ1) is 22.4. The van der Waals surface area contributed by atoms with Crippen molar-refractivity contribution in [3.05, 3.63) is 11.3 Å². The monoisotopic (exact) mass is 376 g/mol. The molecule has 1 aliphatic rings. The van der Waals surface area contributed by atoms with Gasteiger partial charge in [0.05, 0.1) is 11.5 Å². The van der Waals surface area contributed by atoms with Gasteiger partial charge >= 0.3 is 6.09 Å². The predicted molar refractivity (Wildman–Crippen MR) is 106 cm³/mol. The van der Waals surface area contributed by atoms with E-state index in [2.05, 4.69) is 15.0 Å². The molecule has 0 aromatic carbocycles. The molecule has 0 aromatic rings. The van der Waals surface area contributed by atoms with E-state index in [0.29, 0.717) is 43.9 Å². The third-order valence-corrected chi connectivity index (χ3v) is 4.24. The minimum absolute atomic E-state index is 0.0313. The third-order valence-electron chi connectivity index (χ3n) is 4.24. The van der Waals surface area contributed by atoms with Gasteiger partial charge in [0, 0.05) is 50.0 Å². The molecule has 1 unspecified atom stereocenters. The van der Waals surface area contributed by atoms with E-state index in [1.807, 2.05) is 0 Å². The zero-order valence-electron chi connectivity index (χ0n) is 16.4. The van der Waals surface area contributed by atoms with Crippen molar-refractivity contribution in [1.82, 2.24) is 4.90 Å². The van der Waals surface area contributed by atoms with Gasteiger partial charge in [0.15, 0.2) is 5.78 Å². The molecule has 0 aliphatic carbocycles. The van der Waals surface area contributed by atoms with Gasteiger partial charge in [-0.1, -0.05) is 0 Å². The van der Waals surface area contributed by atoms with Crippen LogP contribution in [0.1, 0.15) is 40.5 Å². The number of hydrogen-bond donors (Lipinski definition) is 1. The summed E-state index contributed by atoms with van der Waals surface area (Å²) in [5.74, 6) is -0.723. The molecule has 1 N–H and O–H groups in total. The predicted octanol–water partition coefficient (Wildman–Crippen LogP) is 2.43. The van der Waals surface area contributed by atoms with Crippen molar-refractivity contribution < 1.29 is 19.5 Å². The minimum Gasteiger partial charge on any atom is -0.465 e. The molecule has 27 heavy (non-hydrogen) atoms. The Labute approximate surface area is 159 Å². The lowest BCUT2D eigenvalue weighted by molar-refractivity contribution is -0.117. The number of nitrogens with zero attached hydrogens (tertiary/aromatic N) is 4. The Morgan fingerprint density at radius 1 is 1.07 bits per heavy atom. The Bertz CT molecular complexity index is 692. The number of allylic oxidation sites excluding steroid dienone is 2. The van der Waals surface area contributed by atoms with E-state index < -0.39 is 12.0 Å². The molecule has 0 radical (unpaired) electrons. The maximum absolute atomic E-state index is 11.9.